The minimum Gasteiger partial charge on any atom is -0.507 e. The molecule has 1 amide bonds. The Morgan fingerprint density at radius 1 is 1.09 bits per heavy atom. The lowest BCUT2D eigenvalue weighted by molar-refractivity contribution is -0.140. The molecule has 1 aliphatic heterocycles. The second-order valence-corrected chi connectivity index (χ2v) is 8.99. The van der Waals surface area contributed by atoms with Crippen molar-refractivity contribution in [2.75, 3.05) is 26.9 Å². The number of nitrogens with zero attached hydrogens (tertiary/aromatic N) is 1. The van der Waals surface area contributed by atoms with Gasteiger partial charge in [0.05, 0.1) is 18.2 Å². The highest BCUT2D eigenvalue weighted by Crippen LogP contribution is 2.40. The molecule has 6 heteroatoms. The van der Waals surface area contributed by atoms with Crippen molar-refractivity contribution in [1.29, 1.82) is 0 Å². The average molecular weight is 466 g/mol. The first-order chi connectivity index (χ1) is 16.3. The number of carbonyl (C=O) groups is 2. The van der Waals surface area contributed by atoms with Gasteiger partial charge in [0.2, 0.25) is 0 Å². The third-order valence-electron chi connectivity index (χ3n) is 6.12. The van der Waals surface area contributed by atoms with Crippen LogP contribution in [0, 0.1) is 6.92 Å². The van der Waals surface area contributed by atoms with Crippen LogP contribution in [0.5, 0.6) is 5.75 Å². The van der Waals surface area contributed by atoms with Crippen molar-refractivity contribution in [3.63, 3.8) is 0 Å². The Hall–Kier alpha value is -3.12. The fourth-order valence-electron chi connectivity index (χ4n) is 4.23. The number of aliphatic hydroxyl groups is 1. The van der Waals surface area contributed by atoms with E-state index in [4.69, 9.17) is 9.47 Å². The molecular formula is C28H35NO5. The Morgan fingerprint density at radius 3 is 2.38 bits per heavy atom. The maximum Gasteiger partial charge on any atom is 0.295 e. The van der Waals surface area contributed by atoms with Crippen LogP contribution in [-0.4, -0.2) is 48.6 Å². The van der Waals surface area contributed by atoms with E-state index in [0.29, 0.717) is 37.7 Å². The standard InChI is InChI=1S/C28H35NO5/c1-6-15-34-23-13-12-22(17-19(23)4)26(30)24-25(21-10-8-20(9-11-21)18(2)3)29(14-7-16-33-5)28(32)27(24)31/h8-13,17-18,25,30H,6-7,14-16H2,1-5H3/b26-24-. The summed E-state index contributed by atoms with van der Waals surface area (Å²) in [5.41, 5.74) is 3.41. The number of aliphatic hydroxyl groups excluding tert-OH is 1. The van der Waals surface area contributed by atoms with E-state index in [1.54, 1.807) is 30.2 Å². The summed E-state index contributed by atoms with van der Waals surface area (Å²) >= 11 is 0. The Kier molecular flexibility index (Phi) is 8.51. The van der Waals surface area contributed by atoms with E-state index >= 15 is 0 Å². The van der Waals surface area contributed by atoms with Crippen molar-refractivity contribution in [2.45, 2.75) is 52.5 Å². The zero-order valence-electron chi connectivity index (χ0n) is 20.8. The van der Waals surface area contributed by atoms with E-state index in [0.717, 1.165) is 23.3 Å². The molecule has 1 unspecified atom stereocenters. The number of ketones is 1. The van der Waals surface area contributed by atoms with Gasteiger partial charge in [0.15, 0.2) is 0 Å². The fraction of sp³-hybridized carbons (Fsp3) is 0.429. The third-order valence-corrected chi connectivity index (χ3v) is 6.12. The molecule has 1 atom stereocenters. The minimum atomic E-state index is -0.670. The zero-order chi connectivity index (χ0) is 24.8. The second kappa shape index (κ2) is 11.3. The molecule has 6 nitrogen and oxygen atoms in total. The van der Waals surface area contributed by atoms with Gasteiger partial charge in [0.25, 0.3) is 11.7 Å². The van der Waals surface area contributed by atoms with Crippen LogP contribution in [0.2, 0.25) is 0 Å². The molecule has 2 aromatic carbocycles. The van der Waals surface area contributed by atoms with E-state index in [9.17, 15) is 14.7 Å². The summed E-state index contributed by atoms with van der Waals surface area (Å²) in [6.45, 7) is 9.59. The summed E-state index contributed by atoms with van der Waals surface area (Å²) in [6.07, 6.45) is 1.48. The molecule has 182 valence electrons. The maximum atomic E-state index is 13.2. The van der Waals surface area contributed by atoms with Crippen LogP contribution in [0.4, 0.5) is 0 Å². The lowest BCUT2D eigenvalue weighted by Gasteiger charge is -2.25. The normalized spacial score (nSPS) is 17.6. The predicted octanol–water partition coefficient (Wildman–Crippen LogP) is 5.37. The molecular weight excluding hydrogens is 430 g/mol. The topological polar surface area (TPSA) is 76.1 Å². The number of ether oxygens (including phenoxy) is 2. The van der Waals surface area contributed by atoms with Crippen LogP contribution in [0.25, 0.3) is 5.76 Å². The lowest BCUT2D eigenvalue weighted by atomic mass is 9.93. The summed E-state index contributed by atoms with van der Waals surface area (Å²) in [6, 6.07) is 12.6. The van der Waals surface area contributed by atoms with Crippen molar-refractivity contribution < 1.29 is 24.2 Å². The Bertz CT molecular complexity index is 1050. The van der Waals surface area contributed by atoms with Crippen LogP contribution in [0.15, 0.2) is 48.0 Å². The van der Waals surface area contributed by atoms with Gasteiger partial charge in [0.1, 0.15) is 11.5 Å². The largest absolute Gasteiger partial charge is 0.507 e. The number of likely N-dealkylation sites (tertiary alicyclic amines) is 1. The summed E-state index contributed by atoms with van der Waals surface area (Å²) in [4.78, 5) is 27.7. The van der Waals surface area contributed by atoms with Gasteiger partial charge in [-0.3, -0.25) is 9.59 Å². The maximum absolute atomic E-state index is 13.2. The highest BCUT2D eigenvalue weighted by molar-refractivity contribution is 6.46. The first-order valence-corrected chi connectivity index (χ1v) is 11.9. The summed E-state index contributed by atoms with van der Waals surface area (Å²) in [7, 11) is 1.60. The van der Waals surface area contributed by atoms with Gasteiger partial charge in [0, 0.05) is 25.8 Å². The van der Waals surface area contributed by atoms with Gasteiger partial charge in [-0.05, 0) is 60.6 Å². The van der Waals surface area contributed by atoms with Crippen LogP contribution in [0.1, 0.15) is 67.8 Å². The zero-order valence-corrected chi connectivity index (χ0v) is 20.8. The van der Waals surface area contributed by atoms with Crippen LogP contribution < -0.4 is 4.74 Å². The molecule has 2 aromatic rings. The van der Waals surface area contributed by atoms with E-state index in [1.165, 1.54) is 5.56 Å². The molecule has 34 heavy (non-hydrogen) atoms. The highest BCUT2D eigenvalue weighted by atomic mass is 16.5. The van der Waals surface area contributed by atoms with Crippen molar-refractivity contribution in [3.8, 4) is 5.75 Å². The Labute approximate surface area is 202 Å². The SMILES string of the molecule is CCCOc1ccc(/C(O)=C2/C(=O)C(=O)N(CCCOC)C2c2ccc(C(C)C)cc2)cc1C. The van der Waals surface area contributed by atoms with E-state index in [1.807, 2.05) is 38.1 Å². The fourth-order valence-corrected chi connectivity index (χ4v) is 4.23. The second-order valence-electron chi connectivity index (χ2n) is 8.99. The average Bonchev–Trinajstić information content (AvgIpc) is 3.08. The first kappa shape index (κ1) is 25.5. The molecule has 1 heterocycles. The Morgan fingerprint density at radius 2 is 1.79 bits per heavy atom. The van der Waals surface area contributed by atoms with E-state index < -0.39 is 17.7 Å². The molecule has 0 aromatic heterocycles. The Balaban J connectivity index is 2.07. The number of carbonyl (C=O) groups excluding carboxylic acids is 2. The van der Waals surface area contributed by atoms with Crippen LogP contribution >= 0.6 is 0 Å². The van der Waals surface area contributed by atoms with Gasteiger partial charge in [-0.1, -0.05) is 45.0 Å². The molecule has 1 saturated heterocycles. The molecule has 0 bridgehead atoms. The van der Waals surface area contributed by atoms with Gasteiger partial charge in [-0.15, -0.1) is 0 Å². The number of rotatable bonds is 10. The van der Waals surface area contributed by atoms with Crippen molar-refractivity contribution in [1.82, 2.24) is 4.90 Å². The number of methoxy groups -OCH3 is 1. The van der Waals surface area contributed by atoms with E-state index in [-0.39, 0.29) is 11.3 Å². The molecule has 0 radical (unpaired) electrons. The third kappa shape index (κ3) is 5.33. The van der Waals surface area contributed by atoms with Crippen LogP contribution in [-0.2, 0) is 14.3 Å². The van der Waals surface area contributed by atoms with Crippen molar-refractivity contribution in [2.24, 2.45) is 0 Å². The molecule has 1 aliphatic rings. The van der Waals surface area contributed by atoms with Gasteiger partial charge in [-0.25, -0.2) is 0 Å². The highest BCUT2D eigenvalue weighted by Gasteiger charge is 2.45. The van der Waals surface area contributed by atoms with Crippen molar-refractivity contribution in [3.05, 3.63) is 70.3 Å². The molecule has 0 spiro atoms. The molecule has 1 N–H and O–H groups in total. The summed E-state index contributed by atoms with van der Waals surface area (Å²) < 4.78 is 10.9. The van der Waals surface area contributed by atoms with Crippen LogP contribution in [0.3, 0.4) is 0 Å². The number of hydrogen-bond donors (Lipinski definition) is 1. The summed E-state index contributed by atoms with van der Waals surface area (Å²) in [5, 5.41) is 11.3. The minimum absolute atomic E-state index is 0.112. The molecule has 0 aliphatic carbocycles. The number of aryl methyl sites for hydroxylation is 1. The number of amides is 1. The molecule has 3 rings (SSSR count). The van der Waals surface area contributed by atoms with E-state index in [2.05, 4.69) is 13.8 Å². The predicted molar refractivity (Wildman–Crippen MR) is 133 cm³/mol. The first-order valence-electron chi connectivity index (χ1n) is 11.9. The smallest absolute Gasteiger partial charge is 0.295 e. The summed E-state index contributed by atoms with van der Waals surface area (Å²) in [5.74, 6) is -0.347. The van der Waals surface area contributed by atoms with Gasteiger partial charge >= 0.3 is 0 Å². The molecule has 1 fully saturated rings. The monoisotopic (exact) mass is 465 g/mol. The number of hydrogen-bond acceptors (Lipinski definition) is 5. The lowest BCUT2D eigenvalue weighted by Crippen LogP contribution is -2.31. The van der Waals surface area contributed by atoms with Crippen molar-refractivity contribution >= 4 is 17.4 Å². The van der Waals surface area contributed by atoms with Gasteiger partial charge in [-0.2, -0.15) is 0 Å². The number of Topliss-reactive ketones (excluding diaryl/α,β-unsaturated/α-hetero) is 1. The quantitative estimate of drug-likeness (QED) is 0.221. The van der Waals surface area contributed by atoms with Gasteiger partial charge < -0.3 is 19.5 Å². The molecule has 0 saturated carbocycles. The number of benzene rings is 2.